The molecule has 2 aliphatic carbocycles. The minimum absolute atomic E-state index is 0.0118. The van der Waals surface area contributed by atoms with E-state index in [1.54, 1.807) is 13.2 Å². The van der Waals surface area contributed by atoms with E-state index in [1.165, 1.54) is 16.7 Å². The van der Waals surface area contributed by atoms with Crippen LogP contribution in [0.25, 0.3) is 28.1 Å². The Hall–Kier alpha value is -5.78. The van der Waals surface area contributed by atoms with Crippen molar-refractivity contribution in [2.75, 3.05) is 40.6 Å². The van der Waals surface area contributed by atoms with Crippen LogP contribution in [0.3, 0.4) is 0 Å². The summed E-state index contributed by atoms with van der Waals surface area (Å²) in [6.45, 7) is 1.78. The van der Waals surface area contributed by atoms with E-state index >= 15 is 0 Å². The Morgan fingerprint density at radius 2 is 1.72 bits per heavy atom. The highest BCUT2D eigenvalue weighted by Crippen LogP contribution is 2.60. The monoisotopic (exact) mass is 819 g/mol. The number of H-pyrrole nitrogens is 1. The molecule has 6 N–H and O–H groups in total. The molecule has 0 fully saturated rings. The van der Waals surface area contributed by atoms with Gasteiger partial charge in [0, 0.05) is 52.9 Å². The number of aryl methyl sites for hydroxylation is 1. The zero-order valence-electron chi connectivity index (χ0n) is 34.7. The van der Waals surface area contributed by atoms with Crippen LogP contribution < -0.4 is 24.8 Å². The van der Waals surface area contributed by atoms with E-state index in [9.17, 15) is 15.3 Å². The van der Waals surface area contributed by atoms with Crippen molar-refractivity contribution in [2.45, 2.75) is 68.7 Å². The number of benzene rings is 5. The number of aromatic nitrogens is 1. The summed E-state index contributed by atoms with van der Waals surface area (Å²) in [7, 11) is 3.41. The van der Waals surface area contributed by atoms with E-state index in [1.807, 2.05) is 31.4 Å². The summed E-state index contributed by atoms with van der Waals surface area (Å²) in [4.78, 5) is 3.38. The van der Waals surface area contributed by atoms with Gasteiger partial charge in [0.2, 0.25) is 0 Å². The Morgan fingerprint density at radius 1 is 0.869 bits per heavy atom. The van der Waals surface area contributed by atoms with E-state index in [-0.39, 0.29) is 42.1 Å². The SMILES string of the molecule is CNCOC1Cc2c3c(c4c(c2OC1c1ccc(O)c(OC)c1)CCC(CO)O4)-c1ccc(O)c2c1C(C3)C(c1ccc3[nH]ccc3c1)C(CNCCCc1ccccc1)=C2. The normalized spacial score (nSPS) is 21.0. The fraction of sp³-hybridized carbons (Fsp3) is 0.333. The molecule has 61 heavy (non-hydrogen) atoms. The van der Waals surface area contributed by atoms with Gasteiger partial charge in [0.1, 0.15) is 29.5 Å². The van der Waals surface area contributed by atoms with Crippen LogP contribution in [0.1, 0.15) is 75.3 Å². The number of nitrogens with one attached hydrogen (secondary N) is 3. The number of aromatic hydroxyl groups is 2. The molecule has 5 aromatic carbocycles. The van der Waals surface area contributed by atoms with Gasteiger partial charge in [0.15, 0.2) is 17.6 Å². The predicted molar refractivity (Wildman–Crippen MR) is 237 cm³/mol. The maximum absolute atomic E-state index is 11.7. The third-order valence-electron chi connectivity index (χ3n) is 13.3. The maximum atomic E-state index is 11.7. The first-order valence-electron chi connectivity index (χ1n) is 21.6. The van der Waals surface area contributed by atoms with Gasteiger partial charge in [-0.05, 0) is 138 Å². The highest BCUT2D eigenvalue weighted by molar-refractivity contribution is 5.90. The molecule has 0 radical (unpaired) electrons. The molecule has 314 valence electrons. The minimum Gasteiger partial charge on any atom is -0.507 e. The summed E-state index contributed by atoms with van der Waals surface area (Å²) in [6, 6.07) is 28.7. The van der Waals surface area contributed by atoms with Crippen molar-refractivity contribution in [1.29, 1.82) is 0 Å². The van der Waals surface area contributed by atoms with Gasteiger partial charge in [-0.1, -0.05) is 48.5 Å². The molecular weight excluding hydrogens is 767 g/mol. The summed E-state index contributed by atoms with van der Waals surface area (Å²) in [6.07, 6.45) is 7.62. The Balaban J connectivity index is 1.11. The second kappa shape index (κ2) is 16.6. The molecule has 0 amide bonds. The third kappa shape index (κ3) is 7.11. The van der Waals surface area contributed by atoms with Gasteiger partial charge in [0.05, 0.1) is 20.4 Å². The van der Waals surface area contributed by atoms with E-state index in [0.717, 1.165) is 86.3 Å². The van der Waals surface area contributed by atoms with E-state index in [0.29, 0.717) is 44.7 Å². The summed E-state index contributed by atoms with van der Waals surface area (Å²) < 4.78 is 26.1. The summed E-state index contributed by atoms with van der Waals surface area (Å²) in [5.41, 5.74) is 13.1. The van der Waals surface area contributed by atoms with Crippen molar-refractivity contribution < 1.29 is 34.3 Å². The fourth-order valence-corrected chi connectivity index (χ4v) is 10.4. The molecule has 0 bridgehead atoms. The van der Waals surface area contributed by atoms with Gasteiger partial charge in [-0.15, -0.1) is 0 Å². The number of fused-ring (bicyclic) bond motifs is 8. The molecule has 10 heteroatoms. The lowest BCUT2D eigenvalue weighted by Crippen LogP contribution is -2.38. The Labute approximate surface area is 356 Å². The van der Waals surface area contributed by atoms with Gasteiger partial charge in [-0.2, -0.15) is 0 Å². The molecule has 0 spiro atoms. The van der Waals surface area contributed by atoms with Gasteiger partial charge in [-0.25, -0.2) is 0 Å². The summed E-state index contributed by atoms with van der Waals surface area (Å²) in [5.74, 6) is 2.26. The molecule has 10 nitrogen and oxygen atoms in total. The second-order valence-electron chi connectivity index (χ2n) is 16.9. The average molecular weight is 820 g/mol. The van der Waals surface area contributed by atoms with Crippen LogP contribution >= 0.6 is 0 Å². The molecule has 0 saturated heterocycles. The van der Waals surface area contributed by atoms with Crippen LogP contribution in [0.4, 0.5) is 0 Å². The number of aliphatic hydroxyl groups is 1. The Kier molecular flexibility index (Phi) is 10.7. The van der Waals surface area contributed by atoms with Crippen molar-refractivity contribution in [3.05, 3.63) is 141 Å². The predicted octanol–water partition coefficient (Wildman–Crippen LogP) is 8.22. The van der Waals surface area contributed by atoms with Crippen LogP contribution in [0.15, 0.2) is 96.7 Å². The van der Waals surface area contributed by atoms with Gasteiger partial charge < -0.3 is 44.6 Å². The van der Waals surface area contributed by atoms with Crippen LogP contribution in [-0.2, 0) is 30.4 Å². The van der Waals surface area contributed by atoms with Crippen molar-refractivity contribution in [3.8, 4) is 39.9 Å². The standard InChI is InChI=1S/C51H53N3O7/c1-52-28-59-45-25-38-37-24-40-46(31-10-15-41-30(21-31)18-20-54-41)33(26-53-19-6-9-29-7-4-3-5-8-29)22-39-42(56)17-14-35(47(39)40)48(37)51-36(13-12-34(27-55)60-51)50(38)61-49(45)32-11-16-43(57)44(23-32)58-2/h3-5,7-8,10-11,14-18,20-23,34,40,45-46,49,52-57H,6,9,12-13,19,24-28H2,1-2H3. The molecule has 2 aliphatic heterocycles. The Bertz CT molecular complexity index is 2620. The quantitative estimate of drug-likeness (QED) is 0.0503. The van der Waals surface area contributed by atoms with Crippen LogP contribution in [-0.4, -0.2) is 73.1 Å². The summed E-state index contributed by atoms with van der Waals surface area (Å²) in [5, 5.41) is 40.8. The molecule has 0 saturated carbocycles. The first-order chi connectivity index (χ1) is 29.9. The van der Waals surface area contributed by atoms with E-state index < -0.39 is 6.10 Å². The number of phenolic OH excluding ortho intramolecular Hbond substituents is 2. The number of aliphatic hydroxyl groups excluding tert-OH is 1. The summed E-state index contributed by atoms with van der Waals surface area (Å²) >= 11 is 0. The van der Waals surface area contributed by atoms with Gasteiger partial charge in [0.25, 0.3) is 0 Å². The largest absolute Gasteiger partial charge is 0.507 e. The van der Waals surface area contributed by atoms with Gasteiger partial charge >= 0.3 is 0 Å². The number of rotatable bonds is 13. The lowest BCUT2D eigenvalue weighted by Gasteiger charge is -2.44. The van der Waals surface area contributed by atoms with Crippen LogP contribution in [0, 0.1) is 0 Å². The molecule has 5 unspecified atom stereocenters. The van der Waals surface area contributed by atoms with Crippen molar-refractivity contribution in [2.24, 2.45) is 0 Å². The molecule has 6 aromatic rings. The lowest BCUT2D eigenvalue weighted by molar-refractivity contribution is -0.0436. The average Bonchev–Trinajstić information content (AvgIpc) is 3.77. The number of hydrogen-bond acceptors (Lipinski definition) is 9. The van der Waals surface area contributed by atoms with Crippen molar-refractivity contribution in [3.63, 3.8) is 0 Å². The topological polar surface area (TPSA) is 137 Å². The smallest absolute Gasteiger partial charge is 0.160 e. The van der Waals surface area contributed by atoms with Crippen LogP contribution in [0.5, 0.6) is 28.7 Å². The fourth-order valence-electron chi connectivity index (χ4n) is 10.4. The van der Waals surface area contributed by atoms with E-state index in [4.69, 9.17) is 18.9 Å². The molecule has 5 atom stereocenters. The van der Waals surface area contributed by atoms with Crippen LogP contribution in [0.2, 0.25) is 0 Å². The Morgan fingerprint density at radius 3 is 2.56 bits per heavy atom. The molecule has 4 aliphatic rings. The second-order valence-corrected chi connectivity index (χ2v) is 16.9. The maximum Gasteiger partial charge on any atom is 0.160 e. The molecule has 1 aromatic heterocycles. The molecule has 10 rings (SSSR count). The molecular formula is C51H53N3O7. The third-order valence-corrected chi connectivity index (χ3v) is 13.3. The number of ether oxygens (including phenoxy) is 4. The zero-order chi connectivity index (χ0) is 41.6. The highest BCUT2D eigenvalue weighted by atomic mass is 16.6. The first-order valence-corrected chi connectivity index (χ1v) is 21.6. The number of phenols is 2. The molecule has 3 heterocycles. The zero-order valence-corrected chi connectivity index (χ0v) is 34.7. The van der Waals surface area contributed by atoms with Crippen molar-refractivity contribution >= 4 is 17.0 Å². The number of methoxy groups -OCH3 is 1. The van der Waals surface area contributed by atoms with Crippen molar-refractivity contribution in [1.82, 2.24) is 15.6 Å². The number of aromatic amines is 1. The lowest BCUT2D eigenvalue weighted by atomic mass is 9.63. The first kappa shape index (κ1) is 39.4. The van der Waals surface area contributed by atoms with E-state index in [2.05, 4.69) is 82.4 Å². The number of hydrogen-bond donors (Lipinski definition) is 6. The minimum atomic E-state index is -0.495. The van der Waals surface area contributed by atoms with Gasteiger partial charge in [-0.3, -0.25) is 5.32 Å². The highest BCUT2D eigenvalue weighted by Gasteiger charge is 2.45.